The van der Waals surface area contributed by atoms with Crippen LogP contribution < -0.4 is 5.32 Å². The number of halogens is 6. The van der Waals surface area contributed by atoms with Crippen molar-refractivity contribution in [2.24, 2.45) is 0 Å². The minimum absolute atomic E-state index is 0.345. The largest absolute Gasteiger partial charge is 0.387 e. The fourth-order valence-electron chi connectivity index (χ4n) is 3.29. The fraction of sp³-hybridized carbons (Fsp3) is 0.350. The molecule has 180 valence electrons. The molecule has 2 aromatic rings. The van der Waals surface area contributed by atoms with E-state index in [1.165, 1.54) is 0 Å². The molecule has 0 radical (unpaired) electrons. The van der Waals surface area contributed by atoms with E-state index in [1.54, 1.807) is 0 Å². The second kappa shape index (κ2) is 9.31. The number of sulfonamides is 1. The zero-order valence-electron chi connectivity index (χ0n) is 16.8. The molecule has 3 rings (SSSR count). The summed E-state index contributed by atoms with van der Waals surface area (Å²) < 4.78 is 108. The van der Waals surface area contributed by atoms with Gasteiger partial charge in [-0.25, -0.2) is 34.8 Å². The number of alkyl halides is 3. The molecule has 1 aliphatic rings. The number of hydrogen-bond acceptors (Lipinski definition) is 4. The Bertz CT molecular complexity index is 1150. The summed E-state index contributed by atoms with van der Waals surface area (Å²) in [6, 6.07) is 3.86. The SMILES string of the molecule is O=C(Nc1cc(F)c(F)c(F)c1)c1ccc(CF)c(S(=O)(=O)N2CCC(O)C(F)(F)CC2)c1. The van der Waals surface area contributed by atoms with Gasteiger partial charge in [-0.1, -0.05) is 6.07 Å². The maximum atomic E-state index is 13.8. The van der Waals surface area contributed by atoms with E-state index in [-0.39, 0.29) is 11.1 Å². The van der Waals surface area contributed by atoms with Gasteiger partial charge in [0.05, 0.1) is 4.90 Å². The lowest BCUT2D eigenvalue weighted by Gasteiger charge is -2.21. The third kappa shape index (κ3) is 5.14. The highest BCUT2D eigenvalue weighted by molar-refractivity contribution is 7.89. The second-order valence-corrected chi connectivity index (χ2v) is 9.29. The van der Waals surface area contributed by atoms with E-state index in [1.807, 2.05) is 0 Å². The van der Waals surface area contributed by atoms with E-state index in [4.69, 9.17) is 0 Å². The van der Waals surface area contributed by atoms with Crippen LogP contribution in [0.25, 0.3) is 0 Å². The van der Waals surface area contributed by atoms with E-state index in [0.29, 0.717) is 16.4 Å². The molecule has 1 unspecified atom stereocenters. The summed E-state index contributed by atoms with van der Waals surface area (Å²) in [5, 5.41) is 11.6. The first-order valence-electron chi connectivity index (χ1n) is 9.57. The average Bonchev–Trinajstić information content (AvgIpc) is 2.89. The number of carbonyl (C=O) groups excluding carboxylic acids is 1. The van der Waals surface area contributed by atoms with Crippen LogP contribution >= 0.6 is 0 Å². The Kier molecular flexibility index (Phi) is 7.05. The number of amides is 1. The van der Waals surface area contributed by atoms with Crippen molar-refractivity contribution in [1.29, 1.82) is 0 Å². The zero-order valence-corrected chi connectivity index (χ0v) is 17.6. The Morgan fingerprint density at radius 2 is 1.76 bits per heavy atom. The van der Waals surface area contributed by atoms with Crippen molar-refractivity contribution in [1.82, 2.24) is 4.31 Å². The van der Waals surface area contributed by atoms with Crippen molar-refractivity contribution in [3.05, 3.63) is 58.9 Å². The Balaban J connectivity index is 1.92. The van der Waals surface area contributed by atoms with Crippen molar-refractivity contribution in [3.8, 4) is 0 Å². The molecule has 2 N–H and O–H groups in total. The Labute approximate surface area is 184 Å². The number of carbonyl (C=O) groups is 1. The molecule has 33 heavy (non-hydrogen) atoms. The smallest absolute Gasteiger partial charge is 0.274 e. The second-order valence-electron chi connectivity index (χ2n) is 7.38. The van der Waals surface area contributed by atoms with E-state index < -0.39 is 88.6 Å². The molecule has 0 aromatic heterocycles. The number of anilines is 1. The molecule has 2 aromatic carbocycles. The number of rotatable bonds is 5. The molecule has 6 nitrogen and oxygen atoms in total. The van der Waals surface area contributed by atoms with Gasteiger partial charge < -0.3 is 10.4 Å². The minimum Gasteiger partial charge on any atom is -0.387 e. The lowest BCUT2D eigenvalue weighted by atomic mass is 10.1. The van der Waals surface area contributed by atoms with Gasteiger partial charge in [0.2, 0.25) is 10.0 Å². The van der Waals surface area contributed by atoms with Crippen LogP contribution in [-0.4, -0.2) is 48.9 Å². The Morgan fingerprint density at radius 1 is 1.12 bits per heavy atom. The van der Waals surface area contributed by atoms with Crippen LogP contribution in [0.5, 0.6) is 0 Å². The average molecular weight is 496 g/mol. The summed E-state index contributed by atoms with van der Waals surface area (Å²) in [5.74, 6) is -9.43. The summed E-state index contributed by atoms with van der Waals surface area (Å²) in [6.45, 7) is -2.37. The molecular formula is C20H18F6N2O4S. The molecule has 1 aliphatic heterocycles. The van der Waals surface area contributed by atoms with Gasteiger partial charge in [0.15, 0.2) is 17.5 Å². The quantitative estimate of drug-likeness (QED) is 0.489. The van der Waals surface area contributed by atoms with Gasteiger partial charge in [0.1, 0.15) is 12.8 Å². The van der Waals surface area contributed by atoms with E-state index in [9.17, 15) is 44.7 Å². The number of nitrogens with zero attached hydrogens (tertiary/aromatic N) is 1. The standard InChI is InChI=1S/C20H18F6N2O4S/c21-10-12-2-1-11(19(30)27-13-8-14(22)18(24)15(23)9-13)7-16(12)33(31,32)28-5-3-17(29)20(25,26)4-6-28/h1-2,7-9,17,29H,3-6,10H2,(H,27,30). The van der Waals surface area contributed by atoms with Gasteiger partial charge in [0, 0.05) is 48.5 Å². The molecular weight excluding hydrogens is 478 g/mol. The highest BCUT2D eigenvalue weighted by Gasteiger charge is 2.43. The molecule has 1 fully saturated rings. The fourth-order valence-corrected chi connectivity index (χ4v) is 4.97. The van der Waals surface area contributed by atoms with Gasteiger partial charge in [-0.05, 0) is 18.6 Å². The third-order valence-corrected chi connectivity index (χ3v) is 7.15. The third-order valence-electron chi connectivity index (χ3n) is 5.17. The van der Waals surface area contributed by atoms with Crippen molar-refractivity contribution in [2.75, 3.05) is 18.4 Å². The number of aliphatic hydroxyl groups excluding tert-OH is 1. The Morgan fingerprint density at radius 3 is 2.36 bits per heavy atom. The number of hydrogen-bond donors (Lipinski definition) is 2. The summed E-state index contributed by atoms with van der Waals surface area (Å²) in [6.07, 6.45) is -3.56. The highest BCUT2D eigenvalue weighted by atomic mass is 32.2. The van der Waals surface area contributed by atoms with Crippen molar-refractivity contribution >= 4 is 21.6 Å². The first kappa shape index (κ1) is 25.0. The minimum atomic E-state index is -4.55. The summed E-state index contributed by atoms with van der Waals surface area (Å²) in [5.41, 5.74) is -1.16. The Hall–Kier alpha value is -2.64. The molecule has 0 spiro atoms. The van der Waals surface area contributed by atoms with E-state index >= 15 is 0 Å². The monoisotopic (exact) mass is 496 g/mol. The zero-order chi connectivity index (χ0) is 24.6. The first-order valence-corrected chi connectivity index (χ1v) is 11.0. The van der Waals surface area contributed by atoms with Crippen LogP contribution in [0.15, 0.2) is 35.2 Å². The molecule has 1 atom stereocenters. The number of aliphatic hydroxyl groups is 1. The summed E-state index contributed by atoms with van der Waals surface area (Å²) in [7, 11) is -4.55. The highest BCUT2D eigenvalue weighted by Crippen LogP contribution is 2.32. The predicted octanol–water partition coefficient (Wildman–Crippen LogP) is 3.61. The van der Waals surface area contributed by atoms with Crippen LogP contribution in [0.3, 0.4) is 0 Å². The molecule has 1 saturated heterocycles. The molecule has 13 heteroatoms. The van der Waals surface area contributed by atoms with Gasteiger partial charge in [-0.15, -0.1) is 0 Å². The molecule has 0 bridgehead atoms. The maximum Gasteiger partial charge on any atom is 0.274 e. The van der Waals surface area contributed by atoms with Gasteiger partial charge in [-0.2, -0.15) is 4.31 Å². The lowest BCUT2D eigenvalue weighted by Crippen LogP contribution is -2.34. The van der Waals surface area contributed by atoms with Crippen LogP contribution in [-0.2, 0) is 16.7 Å². The van der Waals surface area contributed by atoms with Gasteiger partial charge >= 0.3 is 0 Å². The van der Waals surface area contributed by atoms with Crippen LogP contribution in [0.1, 0.15) is 28.8 Å². The lowest BCUT2D eigenvalue weighted by molar-refractivity contribution is -0.108. The summed E-state index contributed by atoms with van der Waals surface area (Å²) in [4.78, 5) is 11.8. The topological polar surface area (TPSA) is 86.7 Å². The van der Waals surface area contributed by atoms with Crippen LogP contribution in [0.2, 0.25) is 0 Å². The number of benzene rings is 2. The van der Waals surface area contributed by atoms with Crippen molar-refractivity contribution < 1.29 is 44.7 Å². The molecule has 1 heterocycles. The molecule has 1 amide bonds. The van der Waals surface area contributed by atoms with Crippen LogP contribution in [0.4, 0.5) is 32.0 Å². The number of nitrogens with one attached hydrogen (secondary N) is 1. The van der Waals surface area contributed by atoms with Gasteiger partial charge in [-0.3, -0.25) is 4.79 Å². The summed E-state index contributed by atoms with van der Waals surface area (Å²) >= 11 is 0. The predicted molar refractivity (Wildman–Crippen MR) is 104 cm³/mol. The van der Waals surface area contributed by atoms with Crippen molar-refractivity contribution in [3.63, 3.8) is 0 Å². The normalized spacial score (nSPS) is 19.2. The molecule has 0 aliphatic carbocycles. The maximum absolute atomic E-state index is 13.8. The van der Waals surface area contributed by atoms with Crippen molar-refractivity contribution in [2.45, 2.75) is 36.4 Å². The van der Waals surface area contributed by atoms with E-state index in [2.05, 4.69) is 5.32 Å². The molecule has 0 saturated carbocycles. The van der Waals surface area contributed by atoms with E-state index in [0.717, 1.165) is 18.2 Å². The van der Waals surface area contributed by atoms with Crippen LogP contribution in [0, 0.1) is 17.5 Å². The van der Waals surface area contributed by atoms with Gasteiger partial charge in [0.25, 0.3) is 11.8 Å². The first-order chi connectivity index (χ1) is 15.4.